The van der Waals surface area contributed by atoms with Gasteiger partial charge in [0.05, 0.1) is 11.4 Å². The minimum atomic E-state index is -3.90. The summed E-state index contributed by atoms with van der Waals surface area (Å²) in [6.07, 6.45) is 0. The smallest absolute Gasteiger partial charge is 0.307 e. The van der Waals surface area contributed by atoms with Crippen LogP contribution < -0.4 is 10.0 Å². The molecular weight excluding hydrogens is 364 g/mol. The van der Waals surface area contributed by atoms with Gasteiger partial charge in [-0.3, -0.25) is 0 Å². The van der Waals surface area contributed by atoms with Crippen molar-refractivity contribution in [2.45, 2.75) is 52.2 Å². The minimum Gasteiger partial charge on any atom is -0.307 e. The van der Waals surface area contributed by atoms with Gasteiger partial charge in [-0.25, -0.2) is 17.9 Å². The lowest BCUT2D eigenvalue weighted by Crippen LogP contribution is -2.36. The molecule has 2 aromatic rings. The molecule has 0 saturated heterocycles. The molecule has 27 heavy (non-hydrogen) atoms. The Hall–Kier alpha value is -2.48. The third-order valence-corrected chi connectivity index (χ3v) is 5.22. The summed E-state index contributed by atoms with van der Waals surface area (Å²) >= 11 is 0. The van der Waals surface area contributed by atoms with Crippen molar-refractivity contribution < 1.29 is 13.2 Å². The zero-order chi connectivity index (χ0) is 20.2. The van der Waals surface area contributed by atoms with Crippen molar-refractivity contribution in [3.05, 3.63) is 52.8 Å². The van der Waals surface area contributed by atoms with Crippen molar-refractivity contribution in [2.75, 3.05) is 5.32 Å². The summed E-state index contributed by atoms with van der Waals surface area (Å²) in [5.74, 6) is -0.0619. The second-order valence-electron chi connectivity index (χ2n) is 7.10. The van der Waals surface area contributed by atoms with Gasteiger partial charge < -0.3 is 5.32 Å². The Morgan fingerprint density at radius 1 is 1.00 bits per heavy atom. The first-order chi connectivity index (χ1) is 12.6. The topological polar surface area (TPSA) is 101 Å². The molecule has 2 amide bonds. The number of carbonyl (C=O) groups is 1. The number of amides is 2. The fraction of sp³-hybridized carbons (Fsp3) is 0.421. The zero-order valence-electron chi connectivity index (χ0n) is 16.3. The van der Waals surface area contributed by atoms with E-state index in [4.69, 9.17) is 0 Å². The van der Waals surface area contributed by atoms with Crippen LogP contribution in [-0.2, 0) is 15.8 Å². The standard InChI is InChI=1S/C19H26N4O3S/c1-12(2)16-7-6-8-17(13(3)4)18(16)20-19(24)23-27(25,26)11-15-10-9-14(5)21-22-15/h6-10,12-13H,11H2,1-5H3,(H2,20,23,24). The van der Waals surface area contributed by atoms with E-state index in [0.29, 0.717) is 11.4 Å². The average Bonchev–Trinajstić information content (AvgIpc) is 2.55. The Balaban J connectivity index is 2.18. The molecule has 1 heterocycles. The molecule has 1 aromatic carbocycles. The second kappa shape index (κ2) is 8.47. The fourth-order valence-electron chi connectivity index (χ4n) is 2.71. The SMILES string of the molecule is Cc1ccc(CS(=O)(=O)NC(=O)Nc2c(C(C)C)cccc2C(C)C)nn1. The molecule has 0 aliphatic heterocycles. The molecular formula is C19H26N4O3S. The summed E-state index contributed by atoms with van der Waals surface area (Å²) in [5, 5.41) is 10.4. The van der Waals surface area contributed by atoms with Gasteiger partial charge in [-0.15, -0.1) is 0 Å². The van der Waals surface area contributed by atoms with Crippen LogP contribution in [0.4, 0.5) is 10.5 Å². The second-order valence-corrected chi connectivity index (χ2v) is 8.82. The number of para-hydroxylation sites is 1. The number of carbonyl (C=O) groups excluding carboxylic acids is 1. The maximum atomic E-state index is 12.4. The Labute approximate surface area is 160 Å². The van der Waals surface area contributed by atoms with Crippen LogP contribution >= 0.6 is 0 Å². The van der Waals surface area contributed by atoms with E-state index < -0.39 is 21.8 Å². The van der Waals surface area contributed by atoms with Crippen molar-refractivity contribution >= 4 is 21.7 Å². The van der Waals surface area contributed by atoms with E-state index in [1.807, 2.05) is 45.9 Å². The fourth-order valence-corrected chi connectivity index (χ4v) is 3.66. The lowest BCUT2D eigenvalue weighted by Gasteiger charge is -2.20. The Morgan fingerprint density at radius 3 is 2.07 bits per heavy atom. The van der Waals surface area contributed by atoms with Crippen LogP contribution in [0, 0.1) is 6.92 Å². The van der Waals surface area contributed by atoms with Gasteiger partial charge in [-0.05, 0) is 42.0 Å². The highest BCUT2D eigenvalue weighted by Crippen LogP contribution is 2.32. The van der Waals surface area contributed by atoms with Crippen LogP contribution in [0.1, 0.15) is 62.0 Å². The number of aromatic nitrogens is 2. The number of hydrogen-bond acceptors (Lipinski definition) is 5. The summed E-state index contributed by atoms with van der Waals surface area (Å²) in [7, 11) is -3.90. The van der Waals surface area contributed by atoms with E-state index in [1.54, 1.807) is 19.1 Å². The molecule has 8 heteroatoms. The molecule has 0 bridgehead atoms. The molecule has 0 aliphatic carbocycles. The molecule has 0 atom stereocenters. The number of hydrogen-bond donors (Lipinski definition) is 2. The van der Waals surface area contributed by atoms with E-state index in [1.165, 1.54) is 0 Å². The van der Waals surface area contributed by atoms with E-state index in [2.05, 4.69) is 20.2 Å². The highest BCUT2D eigenvalue weighted by atomic mass is 32.2. The molecule has 0 aliphatic rings. The van der Waals surface area contributed by atoms with Gasteiger partial charge in [-0.1, -0.05) is 45.9 Å². The number of anilines is 1. The van der Waals surface area contributed by atoms with Crippen molar-refractivity contribution in [1.29, 1.82) is 0 Å². The summed E-state index contributed by atoms with van der Waals surface area (Å²) in [4.78, 5) is 12.4. The van der Waals surface area contributed by atoms with Crippen molar-refractivity contribution in [3.8, 4) is 0 Å². The molecule has 1 aromatic heterocycles. The molecule has 0 unspecified atom stereocenters. The number of sulfonamides is 1. The molecule has 2 N–H and O–H groups in total. The van der Waals surface area contributed by atoms with Gasteiger partial charge in [0.1, 0.15) is 5.75 Å². The third-order valence-electron chi connectivity index (χ3n) is 4.05. The first-order valence-electron chi connectivity index (χ1n) is 8.82. The first kappa shape index (κ1) is 20.8. The summed E-state index contributed by atoms with van der Waals surface area (Å²) in [5.41, 5.74) is 3.53. The predicted molar refractivity (Wildman–Crippen MR) is 106 cm³/mol. The van der Waals surface area contributed by atoms with Crippen LogP contribution in [0.15, 0.2) is 30.3 Å². The van der Waals surface area contributed by atoms with E-state index in [-0.39, 0.29) is 17.5 Å². The maximum absolute atomic E-state index is 12.4. The molecule has 0 saturated carbocycles. The van der Waals surface area contributed by atoms with Crippen molar-refractivity contribution in [1.82, 2.24) is 14.9 Å². The number of nitrogens with zero attached hydrogens (tertiary/aromatic N) is 2. The van der Waals surface area contributed by atoms with E-state index in [9.17, 15) is 13.2 Å². The molecule has 2 rings (SSSR count). The highest BCUT2D eigenvalue weighted by molar-refractivity contribution is 7.89. The largest absolute Gasteiger partial charge is 0.332 e. The number of rotatable bonds is 6. The summed E-state index contributed by atoms with van der Waals surface area (Å²) in [6.45, 7) is 9.85. The van der Waals surface area contributed by atoms with Crippen LogP contribution in [-0.4, -0.2) is 24.6 Å². The normalized spacial score (nSPS) is 11.7. The van der Waals surface area contributed by atoms with Gasteiger partial charge >= 0.3 is 6.03 Å². The summed E-state index contributed by atoms with van der Waals surface area (Å²) in [6, 6.07) is 8.27. The molecule has 0 spiro atoms. The van der Waals surface area contributed by atoms with Gasteiger partial charge in [0.2, 0.25) is 10.0 Å². The lowest BCUT2D eigenvalue weighted by molar-refractivity contribution is 0.256. The Morgan fingerprint density at radius 2 is 1.59 bits per heavy atom. The number of benzene rings is 1. The Bertz CT molecular complexity index is 881. The Kier molecular flexibility index (Phi) is 6.54. The third kappa shape index (κ3) is 5.75. The number of urea groups is 1. The highest BCUT2D eigenvalue weighted by Gasteiger charge is 2.20. The van der Waals surface area contributed by atoms with E-state index >= 15 is 0 Å². The van der Waals surface area contributed by atoms with Gasteiger partial charge in [0.25, 0.3) is 0 Å². The van der Waals surface area contributed by atoms with E-state index in [0.717, 1.165) is 11.1 Å². The van der Waals surface area contributed by atoms with Gasteiger partial charge in [0.15, 0.2) is 0 Å². The first-order valence-corrected chi connectivity index (χ1v) is 10.5. The lowest BCUT2D eigenvalue weighted by atomic mass is 9.93. The van der Waals surface area contributed by atoms with Crippen LogP contribution in [0.2, 0.25) is 0 Å². The number of aryl methyl sites for hydroxylation is 1. The van der Waals surface area contributed by atoms with Gasteiger partial charge in [0, 0.05) is 5.69 Å². The minimum absolute atomic E-state index is 0.179. The van der Waals surface area contributed by atoms with Gasteiger partial charge in [-0.2, -0.15) is 10.2 Å². The number of nitrogens with one attached hydrogen (secondary N) is 2. The quantitative estimate of drug-likeness (QED) is 0.783. The summed E-state index contributed by atoms with van der Waals surface area (Å²) < 4.78 is 26.6. The molecule has 0 fully saturated rings. The maximum Gasteiger partial charge on any atom is 0.332 e. The molecule has 0 radical (unpaired) electrons. The monoisotopic (exact) mass is 390 g/mol. The van der Waals surface area contributed by atoms with Crippen LogP contribution in [0.5, 0.6) is 0 Å². The van der Waals surface area contributed by atoms with Crippen molar-refractivity contribution in [3.63, 3.8) is 0 Å². The molecule has 7 nitrogen and oxygen atoms in total. The zero-order valence-corrected chi connectivity index (χ0v) is 17.1. The van der Waals surface area contributed by atoms with Crippen LogP contribution in [0.3, 0.4) is 0 Å². The van der Waals surface area contributed by atoms with Crippen LogP contribution in [0.25, 0.3) is 0 Å². The molecule has 146 valence electrons. The predicted octanol–water partition coefficient (Wildman–Crippen LogP) is 3.68. The average molecular weight is 391 g/mol. The van der Waals surface area contributed by atoms with Crippen molar-refractivity contribution in [2.24, 2.45) is 0 Å².